The van der Waals surface area contributed by atoms with Gasteiger partial charge in [0.2, 0.25) is 0 Å². The van der Waals surface area contributed by atoms with Crippen molar-refractivity contribution in [2.24, 2.45) is 5.10 Å². The van der Waals surface area contributed by atoms with Crippen LogP contribution in [0.2, 0.25) is 10.0 Å². The third kappa shape index (κ3) is 3.91. The van der Waals surface area contributed by atoms with Crippen molar-refractivity contribution < 1.29 is 4.79 Å². The molecule has 0 spiro atoms. The van der Waals surface area contributed by atoms with Gasteiger partial charge in [-0.25, -0.2) is 16.3 Å². The summed E-state index contributed by atoms with van der Waals surface area (Å²) in [5.74, 6) is -0.211. The van der Waals surface area contributed by atoms with Crippen LogP contribution in [-0.4, -0.2) is 23.1 Å². The number of hydrazine groups is 1. The molecule has 1 aliphatic rings. The lowest BCUT2D eigenvalue weighted by atomic mass is 10.0. The van der Waals surface area contributed by atoms with E-state index in [4.69, 9.17) is 23.2 Å². The number of hydrazone groups is 1. The Kier molecular flexibility index (Phi) is 5.37. The Balaban J connectivity index is 1.40. The lowest BCUT2D eigenvalue weighted by Gasteiger charge is -2.10. The second kappa shape index (κ2) is 7.93. The molecule has 0 bridgehead atoms. The van der Waals surface area contributed by atoms with Gasteiger partial charge < -0.3 is 4.98 Å². The predicted octanol–water partition coefficient (Wildman–Crippen LogP) is 3.84. The third-order valence-corrected chi connectivity index (χ3v) is 5.26. The molecule has 4 N–H and O–H groups in total. The number of hydrogen-bond acceptors (Lipinski definition) is 4. The van der Waals surface area contributed by atoms with Crippen LogP contribution in [0.4, 0.5) is 0 Å². The van der Waals surface area contributed by atoms with Gasteiger partial charge in [-0.15, -0.1) is 0 Å². The first-order chi connectivity index (χ1) is 13.5. The molecular formula is C20H19Cl2N5O. The first kappa shape index (κ1) is 19.0. The molecule has 1 saturated heterocycles. The maximum Gasteiger partial charge on any atom is 0.258 e. The van der Waals surface area contributed by atoms with Crippen LogP contribution >= 0.6 is 23.2 Å². The van der Waals surface area contributed by atoms with E-state index in [0.29, 0.717) is 16.5 Å². The zero-order valence-electron chi connectivity index (χ0n) is 15.1. The number of nitrogens with one attached hydrogen (secondary N) is 4. The summed E-state index contributed by atoms with van der Waals surface area (Å²) < 4.78 is 0. The molecule has 1 amide bonds. The minimum absolute atomic E-state index is 0.0632. The van der Waals surface area contributed by atoms with Gasteiger partial charge in [0.05, 0.1) is 6.21 Å². The Hall–Kier alpha value is -2.38. The number of rotatable bonds is 4. The van der Waals surface area contributed by atoms with Crippen LogP contribution in [0.15, 0.2) is 47.6 Å². The molecule has 1 aliphatic heterocycles. The van der Waals surface area contributed by atoms with E-state index in [0.717, 1.165) is 27.7 Å². The standard InChI is InChI=1S/C20H19Cl2N5O/c1-11-16(15-4-2-3-5-17(15)24-11)10-23-27-20(28)19-9-18(25-26-19)12-6-13(21)8-14(22)7-12/h2-8,10,18-19,24-26H,9H2,1H3,(H,27,28)/b23-10+. The lowest BCUT2D eigenvalue weighted by molar-refractivity contribution is -0.122. The molecule has 0 saturated carbocycles. The quantitative estimate of drug-likeness (QED) is 0.385. The summed E-state index contributed by atoms with van der Waals surface area (Å²) in [4.78, 5) is 15.8. The maximum absolute atomic E-state index is 12.4. The number of para-hydroxylation sites is 1. The largest absolute Gasteiger partial charge is 0.358 e. The molecule has 0 radical (unpaired) electrons. The van der Waals surface area contributed by atoms with Gasteiger partial charge in [0.25, 0.3) is 5.91 Å². The number of H-pyrrole nitrogens is 1. The van der Waals surface area contributed by atoms with Gasteiger partial charge in [0.15, 0.2) is 0 Å². The van der Waals surface area contributed by atoms with E-state index in [2.05, 4.69) is 26.4 Å². The van der Waals surface area contributed by atoms with E-state index in [-0.39, 0.29) is 11.9 Å². The summed E-state index contributed by atoms with van der Waals surface area (Å²) >= 11 is 12.1. The molecule has 2 atom stereocenters. The Labute approximate surface area is 172 Å². The van der Waals surface area contributed by atoms with Gasteiger partial charge >= 0.3 is 0 Å². The minimum atomic E-state index is -0.413. The van der Waals surface area contributed by atoms with Gasteiger partial charge in [-0.1, -0.05) is 41.4 Å². The number of amides is 1. The molecule has 1 aromatic heterocycles. The van der Waals surface area contributed by atoms with Crippen molar-refractivity contribution in [3.63, 3.8) is 0 Å². The number of halogens is 2. The van der Waals surface area contributed by atoms with E-state index in [1.165, 1.54) is 0 Å². The molecule has 6 nitrogen and oxygen atoms in total. The number of aryl methyl sites for hydroxylation is 1. The van der Waals surface area contributed by atoms with E-state index >= 15 is 0 Å². The third-order valence-electron chi connectivity index (χ3n) is 4.82. The number of aromatic amines is 1. The molecule has 1 fully saturated rings. The Morgan fingerprint density at radius 2 is 1.93 bits per heavy atom. The first-order valence-electron chi connectivity index (χ1n) is 8.88. The van der Waals surface area contributed by atoms with Crippen LogP contribution in [0.25, 0.3) is 10.9 Å². The zero-order chi connectivity index (χ0) is 19.7. The molecular weight excluding hydrogens is 397 g/mol. The van der Waals surface area contributed by atoms with E-state index < -0.39 is 6.04 Å². The van der Waals surface area contributed by atoms with E-state index in [1.807, 2.05) is 43.3 Å². The summed E-state index contributed by atoms with van der Waals surface area (Å²) in [7, 11) is 0. The van der Waals surface area contributed by atoms with Gasteiger partial charge in [0, 0.05) is 38.2 Å². The number of nitrogens with zero attached hydrogens (tertiary/aromatic N) is 1. The predicted molar refractivity (Wildman–Crippen MR) is 113 cm³/mol. The topological polar surface area (TPSA) is 81.3 Å². The van der Waals surface area contributed by atoms with Crippen LogP contribution in [0.3, 0.4) is 0 Å². The Morgan fingerprint density at radius 1 is 1.18 bits per heavy atom. The van der Waals surface area contributed by atoms with Gasteiger partial charge in [0.1, 0.15) is 6.04 Å². The number of benzene rings is 2. The Morgan fingerprint density at radius 3 is 2.71 bits per heavy atom. The van der Waals surface area contributed by atoms with E-state index in [9.17, 15) is 4.79 Å². The molecule has 28 heavy (non-hydrogen) atoms. The summed E-state index contributed by atoms with van der Waals surface area (Å²) in [6.07, 6.45) is 2.23. The fourth-order valence-corrected chi connectivity index (χ4v) is 3.97. The normalized spacial score (nSPS) is 19.5. The van der Waals surface area contributed by atoms with Crippen molar-refractivity contribution in [2.75, 3.05) is 0 Å². The van der Waals surface area contributed by atoms with Crippen molar-refractivity contribution in [3.05, 3.63) is 69.3 Å². The number of carbonyl (C=O) groups excluding carboxylic acids is 1. The number of carbonyl (C=O) groups is 1. The number of hydrogen-bond donors (Lipinski definition) is 4. The fourth-order valence-electron chi connectivity index (χ4n) is 3.43. The minimum Gasteiger partial charge on any atom is -0.358 e. The SMILES string of the molecule is Cc1[nH]c2ccccc2c1/C=N/NC(=O)C1CC(c2cc(Cl)cc(Cl)c2)NN1. The highest BCUT2D eigenvalue weighted by Gasteiger charge is 2.30. The highest BCUT2D eigenvalue weighted by Crippen LogP contribution is 2.28. The number of fused-ring (bicyclic) bond motifs is 1. The molecule has 144 valence electrons. The molecule has 3 aromatic rings. The van der Waals surface area contributed by atoms with Crippen LogP contribution < -0.4 is 16.3 Å². The van der Waals surface area contributed by atoms with Crippen LogP contribution in [-0.2, 0) is 4.79 Å². The molecule has 2 aromatic carbocycles. The Bertz CT molecular complexity index is 1040. The molecule has 2 unspecified atom stereocenters. The summed E-state index contributed by atoms with van der Waals surface area (Å²) in [6.45, 7) is 1.98. The first-order valence-corrected chi connectivity index (χ1v) is 9.64. The second-order valence-electron chi connectivity index (χ2n) is 6.78. The lowest BCUT2D eigenvalue weighted by Crippen LogP contribution is -2.41. The van der Waals surface area contributed by atoms with Crippen molar-refractivity contribution in [1.29, 1.82) is 0 Å². The highest BCUT2D eigenvalue weighted by molar-refractivity contribution is 6.34. The van der Waals surface area contributed by atoms with Gasteiger partial charge in [-0.2, -0.15) is 5.10 Å². The van der Waals surface area contributed by atoms with Crippen molar-refractivity contribution in [3.8, 4) is 0 Å². The molecule has 0 aliphatic carbocycles. The summed E-state index contributed by atoms with van der Waals surface area (Å²) in [6, 6.07) is 12.9. The molecule has 4 rings (SSSR count). The smallest absolute Gasteiger partial charge is 0.258 e. The zero-order valence-corrected chi connectivity index (χ0v) is 16.6. The molecule has 2 heterocycles. The van der Waals surface area contributed by atoms with Crippen LogP contribution in [0.1, 0.15) is 29.3 Å². The van der Waals surface area contributed by atoms with Crippen molar-refractivity contribution >= 4 is 46.2 Å². The summed E-state index contributed by atoms with van der Waals surface area (Å²) in [5.41, 5.74) is 12.6. The molecule has 8 heteroatoms. The second-order valence-corrected chi connectivity index (χ2v) is 7.65. The van der Waals surface area contributed by atoms with Gasteiger partial charge in [-0.3, -0.25) is 4.79 Å². The monoisotopic (exact) mass is 415 g/mol. The van der Waals surface area contributed by atoms with Gasteiger partial charge in [-0.05, 0) is 43.2 Å². The van der Waals surface area contributed by atoms with Crippen LogP contribution in [0, 0.1) is 6.92 Å². The number of aromatic nitrogens is 1. The van der Waals surface area contributed by atoms with Crippen molar-refractivity contribution in [1.82, 2.24) is 21.3 Å². The highest BCUT2D eigenvalue weighted by atomic mass is 35.5. The van der Waals surface area contributed by atoms with Crippen molar-refractivity contribution in [2.45, 2.75) is 25.4 Å². The van der Waals surface area contributed by atoms with Crippen LogP contribution in [0.5, 0.6) is 0 Å². The average molecular weight is 416 g/mol. The van der Waals surface area contributed by atoms with E-state index in [1.54, 1.807) is 12.3 Å². The summed E-state index contributed by atoms with van der Waals surface area (Å²) in [5, 5.41) is 6.34. The fraction of sp³-hybridized carbons (Fsp3) is 0.200. The maximum atomic E-state index is 12.4. The average Bonchev–Trinajstić information content (AvgIpc) is 3.26.